The molecular formula is C14H22N2O2. The Morgan fingerprint density at radius 2 is 2.28 bits per heavy atom. The molecule has 1 saturated carbocycles. The first-order valence-electron chi connectivity index (χ1n) is 6.84. The van der Waals surface area contributed by atoms with Crippen LogP contribution in [0.4, 0.5) is 0 Å². The summed E-state index contributed by atoms with van der Waals surface area (Å²) in [5.74, 6) is 0.487. The maximum atomic E-state index is 12.0. The zero-order chi connectivity index (χ0) is 13.1. The zero-order valence-corrected chi connectivity index (χ0v) is 11.2. The number of rotatable bonds is 3. The quantitative estimate of drug-likeness (QED) is 0.893. The number of hydrogen-bond donors (Lipinski definition) is 1. The molecule has 4 nitrogen and oxygen atoms in total. The number of aliphatic hydroxyl groups excluding tert-OH is 1. The van der Waals surface area contributed by atoms with Crippen LogP contribution in [0.2, 0.25) is 0 Å². The van der Waals surface area contributed by atoms with Gasteiger partial charge in [-0.2, -0.15) is 0 Å². The predicted octanol–water partition coefficient (Wildman–Crippen LogP) is 2.05. The molecule has 3 unspecified atom stereocenters. The molecule has 1 aromatic heterocycles. The van der Waals surface area contributed by atoms with Crippen molar-refractivity contribution < 1.29 is 5.11 Å². The normalized spacial score (nSPS) is 28.3. The Labute approximate surface area is 108 Å². The van der Waals surface area contributed by atoms with Gasteiger partial charge >= 0.3 is 0 Å². The van der Waals surface area contributed by atoms with Crippen molar-refractivity contribution in [1.82, 2.24) is 9.55 Å². The minimum atomic E-state index is -0.281. The van der Waals surface area contributed by atoms with Gasteiger partial charge in [0.1, 0.15) is 0 Å². The van der Waals surface area contributed by atoms with Crippen LogP contribution in [0.15, 0.2) is 17.2 Å². The highest BCUT2D eigenvalue weighted by atomic mass is 16.3. The smallest absolute Gasteiger partial charge is 0.253 e. The van der Waals surface area contributed by atoms with Gasteiger partial charge in [-0.25, -0.2) is 4.98 Å². The first-order valence-corrected chi connectivity index (χ1v) is 6.84. The summed E-state index contributed by atoms with van der Waals surface area (Å²) in [6, 6.07) is 1.68. The topological polar surface area (TPSA) is 55.1 Å². The first-order chi connectivity index (χ1) is 8.61. The van der Waals surface area contributed by atoms with Crippen LogP contribution >= 0.6 is 0 Å². The first kappa shape index (κ1) is 13.3. The summed E-state index contributed by atoms with van der Waals surface area (Å²) >= 11 is 0. The molecule has 1 N–H and O–H groups in total. The predicted molar refractivity (Wildman–Crippen MR) is 70.5 cm³/mol. The van der Waals surface area contributed by atoms with E-state index in [1.165, 1.54) is 0 Å². The SMILES string of the molecule is CCCC1CCC(O)CC1n1cnc(C)cc1=O. The van der Waals surface area contributed by atoms with E-state index in [4.69, 9.17) is 0 Å². The average molecular weight is 250 g/mol. The van der Waals surface area contributed by atoms with Crippen LogP contribution in [0, 0.1) is 12.8 Å². The largest absolute Gasteiger partial charge is 0.393 e. The molecule has 1 aromatic rings. The van der Waals surface area contributed by atoms with E-state index in [2.05, 4.69) is 11.9 Å². The summed E-state index contributed by atoms with van der Waals surface area (Å²) in [5, 5.41) is 9.84. The molecule has 0 spiro atoms. The van der Waals surface area contributed by atoms with E-state index in [9.17, 15) is 9.90 Å². The molecule has 0 saturated heterocycles. The van der Waals surface area contributed by atoms with Gasteiger partial charge in [0.2, 0.25) is 0 Å². The fourth-order valence-electron chi connectivity index (χ4n) is 2.99. The van der Waals surface area contributed by atoms with Crippen molar-refractivity contribution in [2.75, 3.05) is 0 Å². The molecule has 0 bridgehead atoms. The molecule has 2 rings (SSSR count). The van der Waals surface area contributed by atoms with Crippen molar-refractivity contribution >= 4 is 0 Å². The summed E-state index contributed by atoms with van der Waals surface area (Å²) in [5.41, 5.74) is 0.752. The van der Waals surface area contributed by atoms with Crippen molar-refractivity contribution in [3.63, 3.8) is 0 Å². The molecule has 0 aliphatic heterocycles. The summed E-state index contributed by atoms with van der Waals surface area (Å²) < 4.78 is 1.72. The second-order valence-corrected chi connectivity index (χ2v) is 5.36. The third-order valence-electron chi connectivity index (χ3n) is 3.92. The number of aryl methyl sites for hydroxylation is 1. The lowest BCUT2D eigenvalue weighted by Crippen LogP contribution is -2.35. The van der Waals surface area contributed by atoms with E-state index < -0.39 is 0 Å². The Hall–Kier alpha value is -1.16. The van der Waals surface area contributed by atoms with Crippen LogP contribution in [0.25, 0.3) is 0 Å². The van der Waals surface area contributed by atoms with E-state index in [0.717, 1.165) is 31.4 Å². The third kappa shape index (κ3) is 2.80. The number of aromatic nitrogens is 2. The average Bonchev–Trinajstić information content (AvgIpc) is 2.32. The van der Waals surface area contributed by atoms with Crippen LogP contribution in [-0.2, 0) is 0 Å². The number of hydrogen-bond acceptors (Lipinski definition) is 3. The lowest BCUT2D eigenvalue weighted by molar-refractivity contribution is 0.0678. The Morgan fingerprint density at radius 3 is 2.94 bits per heavy atom. The van der Waals surface area contributed by atoms with E-state index in [1.807, 2.05) is 6.92 Å². The lowest BCUT2D eigenvalue weighted by Gasteiger charge is -2.35. The van der Waals surface area contributed by atoms with Gasteiger partial charge < -0.3 is 5.11 Å². The Kier molecular flexibility index (Phi) is 4.17. The van der Waals surface area contributed by atoms with Gasteiger partial charge in [0.15, 0.2) is 0 Å². The zero-order valence-electron chi connectivity index (χ0n) is 11.2. The molecule has 0 aromatic carbocycles. The lowest BCUT2D eigenvalue weighted by atomic mass is 9.80. The van der Waals surface area contributed by atoms with Crippen molar-refractivity contribution in [3.8, 4) is 0 Å². The van der Waals surface area contributed by atoms with E-state index in [1.54, 1.807) is 17.0 Å². The maximum Gasteiger partial charge on any atom is 0.253 e. The van der Waals surface area contributed by atoms with Gasteiger partial charge in [-0.15, -0.1) is 0 Å². The molecule has 1 fully saturated rings. The van der Waals surface area contributed by atoms with Gasteiger partial charge in [0.25, 0.3) is 5.56 Å². The minimum absolute atomic E-state index is 0.00250. The van der Waals surface area contributed by atoms with Crippen molar-refractivity contribution in [1.29, 1.82) is 0 Å². The maximum absolute atomic E-state index is 12.0. The van der Waals surface area contributed by atoms with Gasteiger partial charge in [0, 0.05) is 17.8 Å². The van der Waals surface area contributed by atoms with Gasteiger partial charge in [-0.1, -0.05) is 13.3 Å². The summed E-state index contributed by atoms with van der Waals surface area (Å²) in [6.07, 6.45) is 6.12. The van der Waals surface area contributed by atoms with Crippen molar-refractivity contribution in [2.45, 2.75) is 58.1 Å². The van der Waals surface area contributed by atoms with Gasteiger partial charge in [-0.05, 0) is 38.5 Å². The molecule has 1 heterocycles. The summed E-state index contributed by atoms with van der Waals surface area (Å²) in [6.45, 7) is 3.99. The molecule has 0 radical (unpaired) electrons. The van der Waals surface area contributed by atoms with E-state index in [-0.39, 0.29) is 17.7 Å². The monoisotopic (exact) mass is 250 g/mol. The van der Waals surface area contributed by atoms with Crippen LogP contribution in [0.1, 0.15) is 50.8 Å². The highest BCUT2D eigenvalue weighted by Gasteiger charge is 2.30. The summed E-state index contributed by atoms with van der Waals surface area (Å²) in [7, 11) is 0. The Bertz CT molecular complexity index is 455. The Balaban J connectivity index is 2.29. The molecule has 4 heteroatoms. The standard InChI is InChI=1S/C14H22N2O2/c1-3-4-11-5-6-12(17)8-13(11)16-9-15-10(2)7-14(16)18/h7,9,11-13,17H,3-6,8H2,1-2H3. The molecule has 18 heavy (non-hydrogen) atoms. The second-order valence-electron chi connectivity index (χ2n) is 5.36. The van der Waals surface area contributed by atoms with Crippen LogP contribution in [0.5, 0.6) is 0 Å². The molecule has 0 amide bonds. The van der Waals surface area contributed by atoms with Crippen LogP contribution in [0.3, 0.4) is 0 Å². The van der Waals surface area contributed by atoms with Crippen molar-refractivity contribution in [2.24, 2.45) is 5.92 Å². The highest BCUT2D eigenvalue weighted by molar-refractivity contribution is 4.98. The number of aliphatic hydroxyl groups is 1. The molecule has 100 valence electrons. The molecule has 3 atom stereocenters. The fourth-order valence-corrected chi connectivity index (χ4v) is 2.99. The van der Waals surface area contributed by atoms with E-state index in [0.29, 0.717) is 12.3 Å². The highest BCUT2D eigenvalue weighted by Crippen LogP contribution is 2.35. The summed E-state index contributed by atoms with van der Waals surface area (Å²) in [4.78, 5) is 16.3. The molecule has 1 aliphatic rings. The van der Waals surface area contributed by atoms with Crippen LogP contribution < -0.4 is 5.56 Å². The van der Waals surface area contributed by atoms with Gasteiger partial charge in [0.05, 0.1) is 12.4 Å². The van der Waals surface area contributed by atoms with Gasteiger partial charge in [-0.3, -0.25) is 9.36 Å². The molecular weight excluding hydrogens is 228 g/mol. The second kappa shape index (κ2) is 5.65. The van der Waals surface area contributed by atoms with Crippen molar-refractivity contribution in [3.05, 3.63) is 28.4 Å². The minimum Gasteiger partial charge on any atom is -0.393 e. The third-order valence-corrected chi connectivity index (χ3v) is 3.92. The Morgan fingerprint density at radius 1 is 1.50 bits per heavy atom. The van der Waals surface area contributed by atoms with Crippen LogP contribution in [-0.4, -0.2) is 20.8 Å². The molecule has 1 aliphatic carbocycles. The fraction of sp³-hybridized carbons (Fsp3) is 0.714. The number of nitrogens with zero attached hydrogens (tertiary/aromatic N) is 2. The van der Waals surface area contributed by atoms with E-state index >= 15 is 0 Å².